The van der Waals surface area contributed by atoms with Crippen molar-refractivity contribution in [2.45, 2.75) is 20.8 Å². The standard InChI is InChI=1S/C22H20N4O3/c1-13-8-14(2)10-17(9-13)29-21-18(11-16(12-23)20(27)24-4)22(28)26-7-5-6-15(3)19(26)25-21/h5-11H,1-4H3,(H,24,27)/b16-11+. The predicted octanol–water partition coefficient (Wildman–Crippen LogP) is 3.07. The molecule has 7 nitrogen and oxygen atoms in total. The fraction of sp³-hybridized carbons (Fsp3) is 0.182. The number of carbonyl (C=O) groups excluding carboxylic acids is 1. The van der Waals surface area contributed by atoms with E-state index in [0.717, 1.165) is 16.7 Å². The number of pyridine rings is 1. The lowest BCUT2D eigenvalue weighted by atomic mass is 10.1. The maximum atomic E-state index is 13.1. The number of amides is 1. The Balaban J connectivity index is 2.30. The van der Waals surface area contributed by atoms with E-state index < -0.39 is 11.5 Å². The van der Waals surface area contributed by atoms with Crippen molar-refractivity contribution < 1.29 is 9.53 Å². The molecule has 1 amide bonds. The van der Waals surface area contributed by atoms with Crippen LogP contribution in [0.1, 0.15) is 22.3 Å². The molecule has 1 aromatic carbocycles. The van der Waals surface area contributed by atoms with E-state index in [4.69, 9.17) is 4.74 Å². The Labute approximate surface area is 167 Å². The van der Waals surface area contributed by atoms with Crippen LogP contribution in [0.5, 0.6) is 11.6 Å². The monoisotopic (exact) mass is 388 g/mol. The van der Waals surface area contributed by atoms with Crippen LogP contribution in [0, 0.1) is 32.1 Å². The lowest BCUT2D eigenvalue weighted by Crippen LogP contribution is -2.22. The quantitative estimate of drug-likeness (QED) is 0.547. The molecule has 0 bridgehead atoms. The van der Waals surface area contributed by atoms with Crippen LogP contribution in [0.2, 0.25) is 0 Å². The van der Waals surface area contributed by atoms with Crippen molar-refractivity contribution in [1.82, 2.24) is 14.7 Å². The number of nitriles is 1. The van der Waals surface area contributed by atoms with Gasteiger partial charge in [-0.3, -0.25) is 14.0 Å². The number of hydrogen-bond acceptors (Lipinski definition) is 5. The summed E-state index contributed by atoms with van der Waals surface area (Å²) in [5, 5.41) is 11.7. The number of nitrogens with one attached hydrogen (secondary N) is 1. The number of likely N-dealkylation sites (N-methyl/N-ethyl adjacent to an activating group) is 1. The summed E-state index contributed by atoms with van der Waals surface area (Å²) in [5.41, 5.74) is 2.58. The minimum atomic E-state index is -0.599. The second-order valence-corrected chi connectivity index (χ2v) is 6.70. The van der Waals surface area contributed by atoms with Gasteiger partial charge >= 0.3 is 0 Å². The summed E-state index contributed by atoms with van der Waals surface area (Å²) in [7, 11) is 1.41. The Morgan fingerprint density at radius 2 is 1.93 bits per heavy atom. The van der Waals surface area contributed by atoms with Crippen LogP contribution in [0.3, 0.4) is 0 Å². The van der Waals surface area contributed by atoms with Gasteiger partial charge in [0, 0.05) is 13.2 Å². The fourth-order valence-corrected chi connectivity index (χ4v) is 3.02. The van der Waals surface area contributed by atoms with Gasteiger partial charge in [-0.2, -0.15) is 10.2 Å². The molecule has 2 heterocycles. The molecule has 0 atom stereocenters. The van der Waals surface area contributed by atoms with E-state index in [9.17, 15) is 14.9 Å². The molecule has 0 saturated carbocycles. The summed E-state index contributed by atoms with van der Waals surface area (Å²) in [4.78, 5) is 29.6. The van der Waals surface area contributed by atoms with E-state index in [1.807, 2.05) is 51.1 Å². The van der Waals surface area contributed by atoms with Gasteiger partial charge in [0.2, 0.25) is 5.88 Å². The number of aromatic nitrogens is 2. The molecule has 0 aliphatic rings. The van der Waals surface area contributed by atoms with Crippen LogP contribution >= 0.6 is 0 Å². The first-order chi connectivity index (χ1) is 13.8. The lowest BCUT2D eigenvalue weighted by Gasteiger charge is -2.12. The van der Waals surface area contributed by atoms with Crippen molar-refractivity contribution >= 4 is 17.6 Å². The normalized spacial score (nSPS) is 11.2. The second kappa shape index (κ2) is 7.98. The number of aryl methyl sites for hydroxylation is 3. The van der Waals surface area contributed by atoms with Crippen LogP contribution in [-0.2, 0) is 4.79 Å². The molecule has 0 aliphatic carbocycles. The van der Waals surface area contributed by atoms with Crippen LogP contribution in [0.15, 0.2) is 46.9 Å². The van der Waals surface area contributed by atoms with Crippen LogP contribution in [0.25, 0.3) is 11.7 Å². The van der Waals surface area contributed by atoms with Crippen molar-refractivity contribution in [3.63, 3.8) is 0 Å². The van der Waals surface area contributed by atoms with Crippen LogP contribution in [0.4, 0.5) is 0 Å². The zero-order chi connectivity index (χ0) is 21.1. The summed E-state index contributed by atoms with van der Waals surface area (Å²) in [5.74, 6) is -0.0509. The zero-order valence-corrected chi connectivity index (χ0v) is 16.6. The van der Waals surface area contributed by atoms with Gasteiger partial charge in [0.05, 0.1) is 0 Å². The molecule has 1 N–H and O–H groups in total. The minimum absolute atomic E-state index is 0.0207. The van der Waals surface area contributed by atoms with E-state index >= 15 is 0 Å². The van der Waals surface area contributed by atoms with Gasteiger partial charge in [-0.25, -0.2) is 0 Å². The summed E-state index contributed by atoms with van der Waals surface area (Å²) in [6, 6.07) is 11.0. The van der Waals surface area contributed by atoms with E-state index in [1.54, 1.807) is 12.3 Å². The van der Waals surface area contributed by atoms with E-state index in [2.05, 4.69) is 10.3 Å². The minimum Gasteiger partial charge on any atom is -0.438 e. The summed E-state index contributed by atoms with van der Waals surface area (Å²) in [6.07, 6.45) is 2.79. The van der Waals surface area contributed by atoms with Crippen LogP contribution in [-0.4, -0.2) is 22.3 Å². The molecular formula is C22H20N4O3. The third-order valence-electron chi connectivity index (χ3n) is 4.34. The third-order valence-corrected chi connectivity index (χ3v) is 4.34. The molecule has 3 rings (SSSR count). The molecule has 3 aromatic rings. The van der Waals surface area contributed by atoms with E-state index in [1.165, 1.54) is 17.5 Å². The fourth-order valence-electron chi connectivity index (χ4n) is 3.02. The van der Waals surface area contributed by atoms with Crippen molar-refractivity contribution in [3.05, 3.63) is 74.7 Å². The highest BCUT2D eigenvalue weighted by atomic mass is 16.5. The maximum Gasteiger partial charge on any atom is 0.269 e. The predicted molar refractivity (Wildman–Crippen MR) is 110 cm³/mol. The lowest BCUT2D eigenvalue weighted by molar-refractivity contribution is -0.116. The number of rotatable bonds is 4. The number of fused-ring (bicyclic) bond motifs is 1. The molecule has 29 heavy (non-hydrogen) atoms. The number of ether oxygens (including phenoxy) is 1. The van der Waals surface area contributed by atoms with Gasteiger partial charge < -0.3 is 10.1 Å². The maximum absolute atomic E-state index is 13.1. The zero-order valence-electron chi connectivity index (χ0n) is 16.6. The van der Waals surface area contributed by atoms with Crippen molar-refractivity contribution in [2.24, 2.45) is 0 Å². The SMILES string of the molecule is CNC(=O)/C(C#N)=C/c1c(Oc2cc(C)cc(C)c2)nc2c(C)cccn2c1=O. The van der Waals surface area contributed by atoms with Crippen molar-refractivity contribution in [3.8, 4) is 17.7 Å². The highest BCUT2D eigenvalue weighted by molar-refractivity contribution is 6.01. The Morgan fingerprint density at radius 1 is 1.24 bits per heavy atom. The van der Waals surface area contributed by atoms with Gasteiger partial charge in [0.25, 0.3) is 11.5 Å². The third kappa shape index (κ3) is 4.01. The number of carbonyl (C=O) groups is 1. The van der Waals surface area contributed by atoms with Crippen molar-refractivity contribution in [2.75, 3.05) is 7.05 Å². The Kier molecular flexibility index (Phi) is 5.46. The van der Waals surface area contributed by atoms with Crippen molar-refractivity contribution in [1.29, 1.82) is 5.26 Å². The molecular weight excluding hydrogens is 368 g/mol. The first-order valence-electron chi connectivity index (χ1n) is 8.96. The molecule has 0 fully saturated rings. The topological polar surface area (TPSA) is 96.5 Å². The first kappa shape index (κ1) is 19.8. The Hall–Kier alpha value is -3.92. The van der Waals surface area contributed by atoms with Gasteiger partial charge in [-0.15, -0.1) is 0 Å². The highest BCUT2D eigenvalue weighted by Crippen LogP contribution is 2.26. The smallest absolute Gasteiger partial charge is 0.269 e. The molecule has 2 aromatic heterocycles. The number of hydrogen-bond donors (Lipinski definition) is 1. The second-order valence-electron chi connectivity index (χ2n) is 6.70. The molecule has 0 saturated heterocycles. The first-order valence-corrected chi connectivity index (χ1v) is 8.96. The average molecular weight is 388 g/mol. The number of benzene rings is 1. The van der Waals surface area contributed by atoms with Crippen LogP contribution < -0.4 is 15.6 Å². The average Bonchev–Trinajstić information content (AvgIpc) is 2.67. The summed E-state index contributed by atoms with van der Waals surface area (Å²) >= 11 is 0. The Morgan fingerprint density at radius 3 is 2.55 bits per heavy atom. The van der Waals surface area contributed by atoms with E-state index in [-0.39, 0.29) is 17.0 Å². The van der Waals surface area contributed by atoms with Gasteiger partial charge in [0.1, 0.15) is 28.6 Å². The van der Waals surface area contributed by atoms with E-state index in [0.29, 0.717) is 11.4 Å². The molecule has 0 unspecified atom stereocenters. The summed E-state index contributed by atoms with van der Waals surface area (Å²) in [6.45, 7) is 5.71. The van der Waals surface area contributed by atoms with Gasteiger partial charge in [-0.05, 0) is 61.7 Å². The molecule has 7 heteroatoms. The Bertz CT molecular complexity index is 1230. The summed E-state index contributed by atoms with van der Waals surface area (Å²) < 4.78 is 7.33. The highest BCUT2D eigenvalue weighted by Gasteiger charge is 2.17. The number of nitrogens with zero attached hydrogens (tertiary/aromatic N) is 3. The molecule has 0 aliphatic heterocycles. The molecule has 0 spiro atoms. The largest absolute Gasteiger partial charge is 0.438 e. The van der Waals surface area contributed by atoms with Gasteiger partial charge in [0.15, 0.2) is 0 Å². The molecule has 146 valence electrons. The molecule has 0 radical (unpaired) electrons. The van der Waals surface area contributed by atoms with Gasteiger partial charge in [-0.1, -0.05) is 12.1 Å².